The molecule has 1 aromatic rings. The summed E-state index contributed by atoms with van der Waals surface area (Å²) in [5.41, 5.74) is 6.34. The number of ether oxygens (including phenoxy) is 1. The SMILES string of the molecule is Cc1nc(N[C@H]2C[C@H](OC(N)=O)C2)nc2c1NC(=O)[C@H](C)N2C. The second-order valence-corrected chi connectivity index (χ2v) is 5.98. The highest BCUT2D eigenvalue weighted by molar-refractivity contribution is 6.03. The molecule has 0 aromatic carbocycles. The summed E-state index contributed by atoms with van der Waals surface area (Å²) in [7, 11) is 1.83. The molecule has 124 valence electrons. The monoisotopic (exact) mass is 320 g/mol. The number of nitrogens with one attached hydrogen (secondary N) is 2. The Labute approximate surface area is 133 Å². The Hall–Kier alpha value is -2.58. The van der Waals surface area contributed by atoms with Crippen molar-refractivity contribution >= 4 is 29.5 Å². The molecule has 4 N–H and O–H groups in total. The lowest BCUT2D eigenvalue weighted by molar-refractivity contribution is -0.117. The van der Waals surface area contributed by atoms with Gasteiger partial charge in [0.25, 0.3) is 0 Å². The van der Waals surface area contributed by atoms with Crippen molar-refractivity contribution in [3.8, 4) is 0 Å². The number of fused-ring (bicyclic) bond motifs is 1. The number of carbonyl (C=O) groups excluding carboxylic acids is 2. The van der Waals surface area contributed by atoms with Crippen molar-refractivity contribution in [2.75, 3.05) is 22.6 Å². The van der Waals surface area contributed by atoms with Gasteiger partial charge in [-0.2, -0.15) is 4.98 Å². The second-order valence-electron chi connectivity index (χ2n) is 5.98. The molecule has 9 nitrogen and oxygen atoms in total. The first kappa shape index (κ1) is 15.3. The van der Waals surface area contributed by atoms with E-state index >= 15 is 0 Å². The number of rotatable bonds is 3. The average molecular weight is 320 g/mol. The van der Waals surface area contributed by atoms with Gasteiger partial charge in [0.05, 0.1) is 5.69 Å². The molecule has 1 aliphatic heterocycles. The Morgan fingerprint density at radius 2 is 2.13 bits per heavy atom. The molecule has 0 spiro atoms. The summed E-state index contributed by atoms with van der Waals surface area (Å²) < 4.78 is 4.91. The Balaban J connectivity index is 1.72. The third-order valence-corrected chi connectivity index (χ3v) is 4.32. The predicted octanol–water partition coefficient (Wildman–Crippen LogP) is 0.600. The molecule has 1 saturated carbocycles. The quantitative estimate of drug-likeness (QED) is 0.745. The molecule has 23 heavy (non-hydrogen) atoms. The summed E-state index contributed by atoms with van der Waals surface area (Å²) in [6.45, 7) is 3.65. The maximum absolute atomic E-state index is 11.9. The van der Waals surface area contributed by atoms with Crippen molar-refractivity contribution in [3.05, 3.63) is 5.69 Å². The van der Waals surface area contributed by atoms with Gasteiger partial charge in [-0.25, -0.2) is 9.78 Å². The summed E-state index contributed by atoms with van der Waals surface area (Å²) in [5.74, 6) is 1.12. The molecular formula is C14H20N6O3. The van der Waals surface area contributed by atoms with Crippen LogP contribution in [-0.2, 0) is 9.53 Å². The van der Waals surface area contributed by atoms with Crippen LogP contribution in [0, 0.1) is 6.92 Å². The van der Waals surface area contributed by atoms with Gasteiger partial charge in [0.1, 0.15) is 17.8 Å². The van der Waals surface area contributed by atoms with E-state index in [2.05, 4.69) is 20.6 Å². The Kier molecular flexibility index (Phi) is 3.70. The van der Waals surface area contributed by atoms with E-state index in [1.165, 1.54) is 0 Å². The van der Waals surface area contributed by atoms with E-state index in [1.807, 2.05) is 25.8 Å². The van der Waals surface area contributed by atoms with Gasteiger partial charge in [0.15, 0.2) is 5.82 Å². The molecule has 0 bridgehead atoms. The summed E-state index contributed by atoms with van der Waals surface area (Å²) in [5, 5.41) is 6.07. The fourth-order valence-electron chi connectivity index (χ4n) is 2.74. The first-order valence-electron chi connectivity index (χ1n) is 7.50. The molecular weight excluding hydrogens is 300 g/mol. The second kappa shape index (κ2) is 5.56. The standard InChI is InChI=1S/C14H20N6O3/c1-6-10-11(20(3)7(2)12(21)18-10)19-14(16-6)17-8-4-9(5-8)23-13(15)22/h7-9H,4-5H2,1-3H3,(H2,15,22)(H,18,21)(H,16,17,19)/t7-,8-,9-/m0/s1. The van der Waals surface area contributed by atoms with Crippen molar-refractivity contribution in [1.29, 1.82) is 0 Å². The predicted molar refractivity (Wildman–Crippen MR) is 84.4 cm³/mol. The Morgan fingerprint density at radius 1 is 1.43 bits per heavy atom. The van der Waals surface area contributed by atoms with Crippen molar-refractivity contribution in [2.45, 2.75) is 44.9 Å². The number of carbonyl (C=O) groups is 2. The zero-order valence-electron chi connectivity index (χ0n) is 13.3. The topological polar surface area (TPSA) is 122 Å². The van der Waals surface area contributed by atoms with E-state index in [-0.39, 0.29) is 24.1 Å². The van der Waals surface area contributed by atoms with Gasteiger partial charge in [0.2, 0.25) is 11.9 Å². The van der Waals surface area contributed by atoms with Crippen molar-refractivity contribution in [1.82, 2.24) is 9.97 Å². The molecule has 1 atom stereocenters. The van der Waals surface area contributed by atoms with E-state index in [9.17, 15) is 9.59 Å². The lowest BCUT2D eigenvalue weighted by atomic mass is 9.89. The average Bonchev–Trinajstić information content (AvgIpc) is 2.44. The van der Waals surface area contributed by atoms with E-state index < -0.39 is 6.09 Å². The molecule has 1 fully saturated rings. The Morgan fingerprint density at radius 3 is 2.78 bits per heavy atom. The highest BCUT2D eigenvalue weighted by Gasteiger charge is 2.34. The molecule has 2 heterocycles. The molecule has 2 aliphatic rings. The third-order valence-electron chi connectivity index (χ3n) is 4.32. The number of amides is 2. The minimum Gasteiger partial charge on any atom is -0.446 e. The number of aryl methyl sites for hydroxylation is 1. The number of nitrogens with two attached hydrogens (primary N) is 1. The van der Waals surface area contributed by atoms with E-state index in [0.29, 0.717) is 36.0 Å². The van der Waals surface area contributed by atoms with Crippen LogP contribution in [0.1, 0.15) is 25.5 Å². The van der Waals surface area contributed by atoms with Crippen LogP contribution in [0.25, 0.3) is 0 Å². The van der Waals surface area contributed by atoms with Gasteiger partial charge in [-0.15, -0.1) is 0 Å². The lowest BCUT2D eigenvalue weighted by Gasteiger charge is -2.36. The molecule has 1 aromatic heterocycles. The molecule has 0 saturated heterocycles. The van der Waals surface area contributed by atoms with Crippen LogP contribution in [0.15, 0.2) is 0 Å². The number of likely N-dealkylation sites (N-methyl/N-ethyl adjacent to an activating group) is 1. The van der Waals surface area contributed by atoms with E-state index in [1.54, 1.807) is 0 Å². The summed E-state index contributed by atoms with van der Waals surface area (Å²) in [6.07, 6.45) is 0.447. The van der Waals surface area contributed by atoms with Gasteiger partial charge >= 0.3 is 6.09 Å². The molecule has 1 aliphatic carbocycles. The van der Waals surface area contributed by atoms with E-state index in [0.717, 1.165) is 0 Å². The Bertz CT molecular complexity index is 658. The zero-order chi connectivity index (χ0) is 16.7. The van der Waals surface area contributed by atoms with Gasteiger partial charge in [-0.3, -0.25) is 4.79 Å². The van der Waals surface area contributed by atoms with Crippen molar-refractivity contribution in [3.63, 3.8) is 0 Å². The fraction of sp³-hybridized carbons (Fsp3) is 0.571. The summed E-state index contributed by atoms with van der Waals surface area (Å²) >= 11 is 0. The zero-order valence-corrected chi connectivity index (χ0v) is 13.3. The molecule has 0 unspecified atom stereocenters. The van der Waals surface area contributed by atoms with Crippen molar-refractivity contribution in [2.24, 2.45) is 5.73 Å². The normalized spacial score (nSPS) is 26.0. The number of anilines is 3. The molecule has 3 rings (SSSR count). The number of hydrogen-bond donors (Lipinski definition) is 3. The number of nitrogens with zero attached hydrogens (tertiary/aromatic N) is 3. The van der Waals surface area contributed by atoms with Gasteiger partial charge in [-0.05, 0) is 13.8 Å². The van der Waals surface area contributed by atoms with Crippen LogP contribution < -0.4 is 21.3 Å². The first-order valence-corrected chi connectivity index (χ1v) is 7.50. The van der Waals surface area contributed by atoms with Crippen LogP contribution in [0.3, 0.4) is 0 Å². The number of hydrogen-bond acceptors (Lipinski definition) is 7. The highest BCUT2D eigenvalue weighted by atomic mass is 16.6. The number of aromatic nitrogens is 2. The smallest absolute Gasteiger partial charge is 0.404 e. The highest BCUT2D eigenvalue weighted by Crippen LogP contribution is 2.33. The van der Waals surface area contributed by atoms with Crippen LogP contribution in [-0.4, -0.2) is 47.2 Å². The summed E-state index contributed by atoms with van der Waals surface area (Å²) in [6, 6.07) is -0.153. The summed E-state index contributed by atoms with van der Waals surface area (Å²) in [4.78, 5) is 33.3. The van der Waals surface area contributed by atoms with Crippen LogP contribution in [0.2, 0.25) is 0 Å². The number of primary amides is 1. The van der Waals surface area contributed by atoms with Gasteiger partial charge in [-0.1, -0.05) is 0 Å². The van der Waals surface area contributed by atoms with Gasteiger partial charge < -0.3 is 26.0 Å². The minimum absolute atomic E-state index is 0.0714. The minimum atomic E-state index is -0.749. The van der Waals surface area contributed by atoms with Crippen LogP contribution in [0.4, 0.5) is 22.2 Å². The molecule has 2 amide bonds. The first-order chi connectivity index (χ1) is 10.8. The van der Waals surface area contributed by atoms with Crippen LogP contribution in [0.5, 0.6) is 0 Å². The molecule has 9 heteroatoms. The fourth-order valence-corrected chi connectivity index (χ4v) is 2.74. The largest absolute Gasteiger partial charge is 0.446 e. The van der Waals surface area contributed by atoms with Crippen LogP contribution >= 0.6 is 0 Å². The van der Waals surface area contributed by atoms with Gasteiger partial charge in [0, 0.05) is 25.9 Å². The van der Waals surface area contributed by atoms with E-state index in [4.69, 9.17) is 10.5 Å². The third kappa shape index (κ3) is 2.86. The molecule has 0 radical (unpaired) electrons. The lowest BCUT2D eigenvalue weighted by Crippen LogP contribution is -2.45. The van der Waals surface area contributed by atoms with Crippen molar-refractivity contribution < 1.29 is 14.3 Å². The maximum Gasteiger partial charge on any atom is 0.404 e. The maximum atomic E-state index is 11.9.